The number of furan rings is 1. The van der Waals surface area contributed by atoms with Crippen LogP contribution in [0.2, 0.25) is 0 Å². The van der Waals surface area contributed by atoms with E-state index in [9.17, 15) is 0 Å². The summed E-state index contributed by atoms with van der Waals surface area (Å²) in [5.74, 6) is 0. The summed E-state index contributed by atoms with van der Waals surface area (Å²) >= 11 is 0. The van der Waals surface area contributed by atoms with E-state index in [0.717, 1.165) is 44.4 Å². The fraction of sp³-hybridized carbons (Fsp3) is 0.0645. The summed E-state index contributed by atoms with van der Waals surface area (Å²) < 4.78 is 6.35. The molecule has 2 heteroatoms. The van der Waals surface area contributed by atoms with Crippen molar-refractivity contribution in [3.05, 3.63) is 258 Å². The molecule has 0 spiro atoms. The molecule has 11 aromatic rings. The van der Waals surface area contributed by atoms with Gasteiger partial charge in [-0.3, -0.25) is 0 Å². The lowest BCUT2D eigenvalue weighted by atomic mass is 9.67. The zero-order valence-corrected chi connectivity index (χ0v) is 35.7. The molecule has 10 aromatic carbocycles. The maximum atomic E-state index is 6.35. The van der Waals surface area contributed by atoms with Crippen LogP contribution in [0.5, 0.6) is 0 Å². The van der Waals surface area contributed by atoms with Crippen LogP contribution in [-0.4, -0.2) is 0 Å². The van der Waals surface area contributed by atoms with E-state index in [1.807, 2.05) is 6.07 Å². The topological polar surface area (TPSA) is 16.4 Å². The van der Waals surface area contributed by atoms with Gasteiger partial charge in [0.25, 0.3) is 0 Å². The van der Waals surface area contributed by atoms with E-state index in [1.165, 1.54) is 72.1 Å². The monoisotopic (exact) mass is 817 g/mol. The third-order valence-corrected chi connectivity index (χ3v) is 14.3. The van der Waals surface area contributed by atoms with Crippen LogP contribution < -0.4 is 4.90 Å². The van der Waals surface area contributed by atoms with Crippen molar-refractivity contribution in [2.45, 2.75) is 24.7 Å². The number of anilines is 3. The first-order chi connectivity index (χ1) is 31.5. The van der Waals surface area contributed by atoms with Gasteiger partial charge in [0.05, 0.1) is 11.1 Å². The standard InChI is InChI=1S/C62H43NO/c1-61(2)52-28-14-12-25-50(52)59-55(38-41-18-9-10-23-47(41)60(59)61)63(44-34-32-40(33-35-44)46-27-17-31-57-58(46)51-26-13-16-30-56(51)64-57)45-36-37-49-48-24-11-15-29-53(48)62(54(49)39-45,42-19-5-3-6-20-42)43-21-7-4-8-22-43/h3-39H,1-2H3. The average molecular weight is 818 g/mol. The lowest BCUT2D eigenvalue weighted by Crippen LogP contribution is -2.28. The van der Waals surface area contributed by atoms with E-state index >= 15 is 0 Å². The third kappa shape index (κ3) is 5.08. The van der Waals surface area contributed by atoms with E-state index in [2.05, 4.69) is 237 Å². The molecular formula is C62H43NO. The number of rotatable bonds is 6. The maximum absolute atomic E-state index is 6.35. The van der Waals surface area contributed by atoms with E-state index in [-0.39, 0.29) is 5.41 Å². The molecule has 0 radical (unpaired) electrons. The molecule has 0 bridgehead atoms. The summed E-state index contributed by atoms with van der Waals surface area (Å²) in [4.78, 5) is 2.53. The van der Waals surface area contributed by atoms with Crippen LogP contribution in [-0.2, 0) is 10.8 Å². The van der Waals surface area contributed by atoms with Gasteiger partial charge in [-0.1, -0.05) is 196 Å². The second-order valence-corrected chi connectivity index (χ2v) is 18.0. The maximum Gasteiger partial charge on any atom is 0.136 e. The molecule has 2 nitrogen and oxygen atoms in total. The van der Waals surface area contributed by atoms with Gasteiger partial charge in [0.2, 0.25) is 0 Å². The fourth-order valence-electron chi connectivity index (χ4n) is 11.6. The van der Waals surface area contributed by atoms with Crippen molar-refractivity contribution in [1.29, 1.82) is 0 Å². The van der Waals surface area contributed by atoms with Crippen LogP contribution in [0.25, 0.3) is 66.1 Å². The van der Waals surface area contributed by atoms with Crippen molar-refractivity contribution < 1.29 is 4.42 Å². The van der Waals surface area contributed by atoms with Crippen LogP contribution in [0.4, 0.5) is 17.1 Å². The van der Waals surface area contributed by atoms with Crippen molar-refractivity contribution in [1.82, 2.24) is 0 Å². The van der Waals surface area contributed by atoms with Crippen molar-refractivity contribution in [3.63, 3.8) is 0 Å². The molecule has 0 saturated carbocycles. The Bertz CT molecular complexity index is 3590. The SMILES string of the molecule is CC1(C)c2ccccc2-c2c(N(c3ccc(-c4cccc5oc6ccccc6c45)cc3)c3ccc4c(c3)C(c3ccccc3)(c3ccccc3)c3ccccc3-4)cc3ccccc3c21. The molecule has 1 heterocycles. The lowest BCUT2D eigenvalue weighted by Gasteiger charge is -2.35. The van der Waals surface area contributed by atoms with Gasteiger partial charge in [0.1, 0.15) is 11.2 Å². The molecule has 0 unspecified atom stereocenters. The van der Waals surface area contributed by atoms with Gasteiger partial charge in [-0.05, 0) is 114 Å². The highest BCUT2D eigenvalue weighted by Gasteiger charge is 2.47. The number of hydrogen-bond donors (Lipinski definition) is 0. The van der Waals surface area contributed by atoms with E-state index < -0.39 is 5.41 Å². The molecule has 13 rings (SSSR count). The first-order valence-electron chi connectivity index (χ1n) is 22.3. The average Bonchev–Trinajstić information content (AvgIpc) is 3.96. The van der Waals surface area contributed by atoms with E-state index in [4.69, 9.17) is 4.42 Å². The molecule has 0 aliphatic heterocycles. The van der Waals surface area contributed by atoms with Crippen LogP contribution in [0, 0.1) is 0 Å². The molecular weight excluding hydrogens is 775 g/mol. The van der Waals surface area contributed by atoms with Crippen LogP contribution in [0.3, 0.4) is 0 Å². The highest BCUT2D eigenvalue weighted by Crippen LogP contribution is 2.60. The Kier molecular flexibility index (Phi) is 7.90. The Morgan fingerprint density at radius 3 is 1.75 bits per heavy atom. The lowest BCUT2D eigenvalue weighted by molar-refractivity contribution is 0.666. The molecule has 302 valence electrons. The highest BCUT2D eigenvalue weighted by atomic mass is 16.3. The third-order valence-electron chi connectivity index (χ3n) is 14.3. The molecule has 0 N–H and O–H groups in total. The number of nitrogens with zero attached hydrogens (tertiary/aromatic N) is 1. The summed E-state index contributed by atoms with van der Waals surface area (Å²) in [7, 11) is 0. The van der Waals surface area contributed by atoms with Crippen LogP contribution in [0.1, 0.15) is 47.2 Å². The number of hydrogen-bond acceptors (Lipinski definition) is 2. The van der Waals surface area contributed by atoms with Crippen molar-refractivity contribution in [2.24, 2.45) is 0 Å². The van der Waals surface area contributed by atoms with Gasteiger partial charge in [-0.25, -0.2) is 0 Å². The largest absolute Gasteiger partial charge is 0.456 e. The minimum Gasteiger partial charge on any atom is -0.456 e. The highest BCUT2D eigenvalue weighted by molar-refractivity contribution is 6.12. The molecule has 1 aromatic heterocycles. The Morgan fingerprint density at radius 2 is 0.984 bits per heavy atom. The zero-order valence-electron chi connectivity index (χ0n) is 35.7. The predicted octanol–water partition coefficient (Wildman–Crippen LogP) is 16.5. The van der Waals surface area contributed by atoms with Crippen LogP contribution in [0.15, 0.2) is 229 Å². The van der Waals surface area contributed by atoms with Crippen molar-refractivity contribution in [2.75, 3.05) is 4.90 Å². The van der Waals surface area contributed by atoms with Crippen LogP contribution >= 0.6 is 0 Å². The molecule has 2 aliphatic carbocycles. The minimum absolute atomic E-state index is 0.210. The molecule has 64 heavy (non-hydrogen) atoms. The number of para-hydroxylation sites is 1. The van der Waals surface area contributed by atoms with E-state index in [0.29, 0.717) is 0 Å². The van der Waals surface area contributed by atoms with Gasteiger partial charge in [0, 0.05) is 33.1 Å². The summed E-state index contributed by atoms with van der Waals surface area (Å²) in [6, 6.07) is 82.8. The van der Waals surface area contributed by atoms with Gasteiger partial charge >= 0.3 is 0 Å². The summed E-state index contributed by atoms with van der Waals surface area (Å²) in [5, 5.41) is 4.81. The number of benzene rings is 10. The Labute approximate surface area is 373 Å². The Hall–Kier alpha value is -7.94. The van der Waals surface area contributed by atoms with Crippen molar-refractivity contribution in [3.8, 4) is 33.4 Å². The number of fused-ring (bicyclic) bond motifs is 11. The predicted molar refractivity (Wildman–Crippen MR) is 266 cm³/mol. The minimum atomic E-state index is -0.536. The molecule has 0 fully saturated rings. The first kappa shape index (κ1) is 36.7. The molecule has 0 saturated heterocycles. The second-order valence-electron chi connectivity index (χ2n) is 18.0. The van der Waals surface area contributed by atoms with Gasteiger partial charge in [-0.2, -0.15) is 0 Å². The fourth-order valence-corrected chi connectivity index (χ4v) is 11.6. The summed E-state index contributed by atoms with van der Waals surface area (Å²) in [5.41, 5.74) is 19.7. The van der Waals surface area contributed by atoms with Crippen molar-refractivity contribution >= 4 is 49.8 Å². The summed E-state index contributed by atoms with van der Waals surface area (Å²) in [6.45, 7) is 4.79. The zero-order chi connectivity index (χ0) is 42.6. The molecule has 0 atom stereocenters. The molecule has 2 aliphatic rings. The normalized spacial score (nSPS) is 14.0. The first-order valence-corrected chi connectivity index (χ1v) is 22.3. The van der Waals surface area contributed by atoms with Gasteiger partial charge in [-0.15, -0.1) is 0 Å². The summed E-state index contributed by atoms with van der Waals surface area (Å²) in [6.07, 6.45) is 0. The Balaban J connectivity index is 1.10. The van der Waals surface area contributed by atoms with E-state index in [1.54, 1.807) is 0 Å². The van der Waals surface area contributed by atoms with Gasteiger partial charge in [0.15, 0.2) is 0 Å². The quantitative estimate of drug-likeness (QED) is 0.166. The van der Waals surface area contributed by atoms with Gasteiger partial charge < -0.3 is 9.32 Å². The molecule has 0 amide bonds. The second kappa shape index (κ2) is 13.8. The Morgan fingerprint density at radius 1 is 0.406 bits per heavy atom. The smallest absolute Gasteiger partial charge is 0.136 e.